The molecule has 1 unspecified atom stereocenters. The predicted octanol–water partition coefficient (Wildman–Crippen LogP) is 2.20. The minimum Gasteiger partial charge on any atom is -0.409 e. The molecule has 5 nitrogen and oxygen atoms in total. The van der Waals surface area contributed by atoms with Gasteiger partial charge in [0.2, 0.25) is 5.91 Å². The molecule has 1 amide bonds. The van der Waals surface area contributed by atoms with Crippen molar-refractivity contribution in [3.63, 3.8) is 0 Å². The number of amidine groups is 1. The zero-order chi connectivity index (χ0) is 15.2. The Morgan fingerprint density at radius 1 is 1.35 bits per heavy atom. The number of hydrogen-bond acceptors (Lipinski definition) is 3. The minimum absolute atomic E-state index is 0.0449. The van der Waals surface area contributed by atoms with E-state index in [1.807, 2.05) is 44.2 Å². The summed E-state index contributed by atoms with van der Waals surface area (Å²) in [6, 6.07) is 9.77. The van der Waals surface area contributed by atoms with Gasteiger partial charge in [0.1, 0.15) is 5.41 Å². The van der Waals surface area contributed by atoms with Gasteiger partial charge in [0, 0.05) is 13.1 Å². The third-order valence-corrected chi connectivity index (χ3v) is 3.74. The molecule has 1 aromatic rings. The lowest BCUT2D eigenvalue weighted by molar-refractivity contribution is -0.138. The van der Waals surface area contributed by atoms with Crippen LogP contribution in [0.1, 0.15) is 32.8 Å². The Morgan fingerprint density at radius 2 is 1.95 bits per heavy atom. The smallest absolute Gasteiger partial charge is 0.236 e. The Kier molecular flexibility index (Phi) is 5.55. The summed E-state index contributed by atoms with van der Waals surface area (Å²) in [5.41, 5.74) is 5.78. The monoisotopic (exact) mass is 277 g/mol. The Hall–Kier alpha value is -2.04. The molecule has 0 aromatic heterocycles. The second-order valence-corrected chi connectivity index (χ2v) is 4.98. The third kappa shape index (κ3) is 3.29. The van der Waals surface area contributed by atoms with E-state index in [1.54, 1.807) is 11.8 Å². The van der Waals surface area contributed by atoms with Gasteiger partial charge in [-0.2, -0.15) is 0 Å². The summed E-state index contributed by atoms with van der Waals surface area (Å²) in [6.07, 6.45) is 0.479. The molecule has 0 aliphatic rings. The van der Waals surface area contributed by atoms with Crippen LogP contribution in [0.3, 0.4) is 0 Å². The van der Waals surface area contributed by atoms with E-state index >= 15 is 0 Å². The van der Waals surface area contributed by atoms with Crippen molar-refractivity contribution in [1.82, 2.24) is 4.90 Å². The average molecular weight is 277 g/mol. The Labute approximate surface area is 120 Å². The maximum absolute atomic E-state index is 12.7. The molecule has 1 aromatic carbocycles. The molecule has 0 aliphatic carbocycles. The van der Waals surface area contributed by atoms with Gasteiger partial charge in [0.25, 0.3) is 0 Å². The number of carbonyl (C=O) groups is 1. The summed E-state index contributed by atoms with van der Waals surface area (Å²) in [5, 5.41) is 11.9. The molecule has 0 fully saturated rings. The van der Waals surface area contributed by atoms with Crippen LogP contribution >= 0.6 is 0 Å². The van der Waals surface area contributed by atoms with Gasteiger partial charge < -0.3 is 15.8 Å². The molecule has 0 bridgehead atoms. The van der Waals surface area contributed by atoms with Crippen LogP contribution in [0.2, 0.25) is 0 Å². The van der Waals surface area contributed by atoms with Crippen molar-refractivity contribution in [2.24, 2.45) is 16.3 Å². The molecule has 0 radical (unpaired) electrons. The molecule has 110 valence electrons. The lowest BCUT2D eigenvalue weighted by Crippen LogP contribution is -2.49. The molecule has 5 heteroatoms. The lowest BCUT2D eigenvalue weighted by Gasteiger charge is -2.32. The van der Waals surface area contributed by atoms with Crippen LogP contribution in [0.5, 0.6) is 0 Å². The summed E-state index contributed by atoms with van der Waals surface area (Å²) in [7, 11) is 0. The molecule has 0 spiro atoms. The number of oxime groups is 1. The number of carbonyl (C=O) groups excluding carboxylic acids is 1. The van der Waals surface area contributed by atoms with Gasteiger partial charge in [-0.05, 0) is 25.8 Å². The van der Waals surface area contributed by atoms with E-state index < -0.39 is 5.41 Å². The highest BCUT2D eigenvalue weighted by atomic mass is 16.4. The Bertz CT molecular complexity index is 473. The van der Waals surface area contributed by atoms with Crippen molar-refractivity contribution in [3.8, 4) is 0 Å². The van der Waals surface area contributed by atoms with Gasteiger partial charge >= 0.3 is 0 Å². The number of hydrogen-bond donors (Lipinski definition) is 2. The van der Waals surface area contributed by atoms with Crippen molar-refractivity contribution in [3.05, 3.63) is 35.9 Å². The minimum atomic E-state index is -0.973. The van der Waals surface area contributed by atoms with Gasteiger partial charge in [-0.3, -0.25) is 4.79 Å². The van der Waals surface area contributed by atoms with Crippen LogP contribution in [-0.2, 0) is 11.3 Å². The Morgan fingerprint density at radius 3 is 2.40 bits per heavy atom. The van der Waals surface area contributed by atoms with Crippen molar-refractivity contribution >= 4 is 11.7 Å². The van der Waals surface area contributed by atoms with Crippen LogP contribution in [0.15, 0.2) is 35.5 Å². The number of nitrogens with two attached hydrogens (primary N) is 1. The van der Waals surface area contributed by atoms with Crippen LogP contribution in [0.4, 0.5) is 0 Å². The van der Waals surface area contributed by atoms with E-state index in [9.17, 15) is 4.79 Å². The summed E-state index contributed by atoms with van der Waals surface area (Å²) in [6.45, 7) is 6.57. The van der Waals surface area contributed by atoms with Crippen LogP contribution in [0.25, 0.3) is 0 Å². The van der Waals surface area contributed by atoms with E-state index in [1.165, 1.54) is 0 Å². The highest BCUT2D eigenvalue weighted by Gasteiger charge is 2.39. The van der Waals surface area contributed by atoms with Crippen LogP contribution in [0, 0.1) is 5.41 Å². The summed E-state index contributed by atoms with van der Waals surface area (Å²) in [5.74, 6) is -0.168. The zero-order valence-electron chi connectivity index (χ0n) is 12.3. The Balaban J connectivity index is 2.97. The molecular weight excluding hydrogens is 254 g/mol. The van der Waals surface area contributed by atoms with Crippen LogP contribution in [-0.4, -0.2) is 28.4 Å². The molecule has 0 aliphatic heterocycles. The summed E-state index contributed by atoms with van der Waals surface area (Å²) >= 11 is 0. The largest absolute Gasteiger partial charge is 0.409 e. The average Bonchev–Trinajstić information content (AvgIpc) is 2.51. The molecule has 1 atom stereocenters. The van der Waals surface area contributed by atoms with Crippen molar-refractivity contribution < 1.29 is 10.0 Å². The fourth-order valence-electron chi connectivity index (χ4n) is 2.03. The molecule has 0 saturated carbocycles. The van der Waals surface area contributed by atoms with Crippen molar-refractivity contribution in [2.75, 3.05) is 6.54 Å². The lowest BCUT2D eigenvalue weighted by atomic mass is 9.84. The number of nitrogens with zero attached hydrogens (tertiary/aromatic N) is 2. The number of rotatable bonds is 6. The second-order valence-electron chi connectivity index (χ2n) is 4.98. The van der Waals surface area contributed by atoms with Crippen molar-refractivity contribution in [2.45, 2.75) is 33.7 Å². The first-order valence-electron chi connectivity index (χ1n) is 6.80. The predicted molar refractivity (Wildman–Crippen MR) is 79.3 cm³/mol. The van der Waals surface area contributed by atoms with E-state index in [0.29, 0.717) is 19.5 Å². The normalized spacial score (nSPS) is 14.7. The molecule has 0 heterocycles. The molecule has 0 saturated heterocycles. The molecule has 1 rings (SSSR count). The van der Waals surface area contributed by atoms with E-state index in [0.717, 1.165) is 5.56 Å². The number of benzene rings is 1. The molecule has 20 heavy (non-hydrogen) atoms. The third-order valence-electron chi connectivity index (χ3n) is 3.74. The first-order valence-corrected chi connectivity index (χ1v) is 6.80. The highest BCUT2D eigenvalue weighted by Crippen LogP contribution is 2.25. The second kappa shape index (κ2) is 6.93. The molecular formula is C15H23N3O2. The number of amides is 1. The summed E-state index contributed by atoms with van der Waals surface area (Å²) in [4.78, 5) is 14.4. The van der Waals surface area contributed by atoms with Crippen molar-refractivity contribution in [1.29, 1.82) is 0 Å². The maximum atomic E-state index is 12.7. The van der Waals surface area contributed by atoms with E-state index in [2.05, 4.69) is 5.16 Å². The fourth-order valence-corrected chi connectivity index (χ4v) is 2.03. The van der Waals surface area contributed by atoms with Crippen LogP contribution < -0.4 is 5.73 Å². The van der Waals surface area contributed by atoms with E-state index in [-0.39, 0.29) is 11.7 Å². The summed E-state index contributed by atoms with van der Waals surface area (Å²) < 4.78 is 0. The maximum Gasteiger partial charge on any atom is 0.236 e. The molecule has 3 N–H and O–H groups in total. The van der Waals surface area contributed by atoms with Gasteiger partial charge in [0.15, 0.2) is 5.84 Å². The highest BCUT2D eigenvalue weighted by molar-refractivity contribution is 6.06. The standard InChI is InChI=1S/C15H23N3O2/c1-4-15(3,13(16)17-20)14(19)18(5-2)11-12-9-7-6-8-10-12/h6-10,20H,4-5,11H2,1-3H3,(H2,16,17). The fraction of sp³-hybridized carbons (Fsp3) is 0.467. The first kappa shape index (κ1) is 16.0. The zero-order valence-corrected chi connectivity index (χ0v) is 12.3. The quantitative estimate of drug-likeness (QED) is 0.362. The SMILES string of the molecule is CCN(Cc1ccccc1)C(=O)C(C)(CC)/C(N)=N/O. The van der Waals surface area contributed by atoms with Gasteiger partial charge in [-0.1, -0.05) is 42.4 Å². The van der Waals surface area contributed by atoms with Gasteiger partial charge in [-0.25, -0.2) is 0 Å². The first-order chi connectivity index (χ1) is 9.49. The van der Waals surface area contributed by atoms with Gasteiger partial charge in [-0.15, -0.1) is 0 Å². The topological polar surface area (TPSA) is 78.9 Å². The van der Waals surface area contributed by atoms with Gasteiger partial charge in [0.05, 0.1) is 0 Å². The van der Waals surface area contributed by atoms with E-state index in [4.69, 9.17) is 10.9 Å².